The lowest BCUT2D eigenvalue weighted by molar-refractivity contribution is 0.476. The molecule has 0 unspecified atom stereocenters. The predicted octanol–water partition coefficient (Wildman–Crippen LogP) is 0.989. The normalized spacial score (nSPS) is 14.6. The number of fused-ring (bicyclic) bond motifs is 1. The Hall–Kier alpha value is -2.62. The maximum absolute atomic E-state index is 12.2. The molecule has 108 valence electrons. The number of nitrogens with zero attached hydrogens (tertiary/aromatic N) is 5. The lowest BCUT2D eigenvalue weighted by Crippen LogP contribution is -2.25. The molecule has 0 aromatic carbocycles. The maximum atomic E-state index is 12.2. The zero-order valence-corrected chi connectivity index (χ0v) is 11.7. The molecule has 1 N–H and O–H groups in total. The fourth-order valence-corrected chi connectivity index (χ4v) is 2.67. The molecular weight excluding hydrogens is 270 g/mol. The molecule has 3 heterocycles. The summed E-state index contributed by atoms with van der Waals surface area (Å²) >= 11 is 0. The molecule has 0 atom stereocenters. The fourth-order valence-electron chi connectivity index (χ4n) is 2.67. The van der Waals surface area contributed by atoms with Gasteiger partial charge >= 0.3 is 0 Å². The lowest BCUT2D eigenvalue weighted by atomic mass is 10.2. The molecule has 0 spiro atoms. The third-order valence-electron chi connectivity index (χ3n) is 3.78. The number of anilines is 1. The van der Waals surface area contributed by atoms with Gasteiger partial charge in [-0.3, -0.25) is 9.36 Å². The van der Waals surface area contributed by atoms with Crippen molar-refractivity contribution in [3.63, 3.8) is 0 Å². The van der Waals surface area contributed by atoms with Gasteiger partial charge in [0.15, 0.2) is 17.0 Å². The zero-order valence-electron chi connectivity index (χ0n) is 11.7. The van der Waals surface area contributed by atoms with Crippen LogP contribution in [0.2, 0.25) is 0 Å². The van der Waals surface area contributed by atoms with Gasteiger partial charge in [0, 0.05) is 25.8 Å². The monoisotopic (exact) mass is 285 g/mol. The van der Waals surface area contributed by atoms with Crippen molar-refractivity contribution < 1.29 is 5.11 Å². The quantitative estimate of drug-likeness (QED) is 0.884. The first kappa shape index (κ1) is 13.4. The van der Waals surface area contributed by atoms with E-state index >= 15 is 0 Å². The van der Waals surface area contributed by atoms with Crippen LogP contribution in [0.25, 0.3) is 11.0 Å². The molecule has 7 heteroatoms. The Bertz CT molecular complexity index is 800. The van der Waals surface area contributed by atoms with Crippen molar-refractivity contribution in [2.75, 3.05) is 18.0 Å². The van der Waals surface area contributed by atoms with Crippen LogP contribution in [-0.2, 0) is 6.54 Å². The average Bonchev–Trinajstić information content (AvgIpc) is 3.02. The smallest absolute Gasteiger partial charge is 0.273 e. The van der Waals surface area contributed by atoms with Gasteiger partial charge < -0.3 is 10.0 Å². The Balaban J connectivity index is 2.30. The number of pyridine rings is 1. The third-order valence-corrected chi connectivity index (χ3v) is 3.78. The number of hydrogen-bond donors (Lipinski definition) is 1. The standard InChI is InChI=1S/C14H15N5O2/c1-2-19-12-10(11(20)9(7-15)13(19)21)8-16-14(17-12)18-5-3-4-6-18/h8,20H,2-6H2,1H3. The van der Waals surface area contributed by atoms with Crippen molar-refractivity contribution in [2.45, 2.75) is 26.3 Å². The Kier molecular flexibility index (Phi) is 3.22. The van der Waals surface area contributed by atoms with Crippen molar-refractivity contribution in [3.05, 3.63) is 22.1 Å². The Morgan fingerprint density at radius 1 is 1.43 bits per heavy atom. The van der Waals surface area contributed by atoms with E-state index < -0.39 is 5.56 Å². The van der Waals surface area contributed by atoms with Crippen LogP contribution in [0.1, 0.15) is 25.3 Å². The van der Waals surface area contributed by atoms with E-state index in [9.17, 15) is 9.90 Å². The summed E-state index contributed by atoms with van der Waals surface area (Å²) < 4.78 is 1.40. The molecule has 0 aliphatic carbocycles. The van der Waals surface area contributed by atoms with Crippen molar-refractivity contribution >= 4 is 17.0 Å². The van der Waals surface area contributed by atoms with Gasteiger partial charge in [0.1, 0.15) is 6.07 Å². The van der Waals surface area contributed by atoms with Gasteiger partial charge in [-0.1, -0.05) is 0 Å². The van der Waals surface area contributed by atoms with Crippen LogP contribution in [0, 0.1) is 11.3 Å². The average molecular weight is 285 g/mol. The van der Waals surface area contributed by atoms with Crippen molar-refractivity contribution in [3.8, 4) is 11.8 Å². The van der Waals surface area contributed by atoms with Crippen LogP contribution < -0.4 is 10.5 Å². The predicted molar refractivity (Wildman–Crippen MR) is 77.3 cm³/mol. The highest BCUT2D eigenvalue weighted by Crippen LogP contribution is 2.26. The second-order valence-corrected chi connectivity index (χ2v) is 4.99. The minimum atomic E-state index is -0.518. The second-order valence-electron chi connectivity index (χ2n) is 4.99. The van der Waals surface area contributed by atoms with Crippen molar-refractivity contribution in [1.82, 2.24) is 14.5 Å². The fraction of sp³-hybridized carbons (Fsp3) is 0.429. The summed E-state index contributed by atoms with van der Waals surface area (Å²) in [6.45, 7) is 3.96. The molecule has 1 fully saturated rings. The summed E-state index contributed by atoms with van der Waals surface area (Å²) in [7, 11) is 0. The molecule has 3 rings (SSSR count). The Labute approximate surface area is 121 Å². The summed E-state index contributed by atoms with van der Waals surface area (Å²) in [6.07, 6.45) is 3.68. The van der Waals surface area contributed by atoms with Crippen LogP contribution in [0.4, 0.5) is 5.95 Å². The first-order valence-corrected chi connectivity index (χ1v) is 6.95. The molecule has 21 heavy (non-hydrogen) atoms. The van der Waals surface area contributed by atoms with Crippen molar-refractivity contribution in [2.24, 2.45) is 0 Å². The highest BCUT2D eigenvalue weighted by atomic mass is 16.3. The van der Waals surface area contributed by atoms with Gasteiger partial charge in [0.05, 0.1) is 5.39 Å². The highest BCUT2D eigenvalue weighted by Gasteiger charge is 2.20. The second kappa shape index (κ2) is 5.05. The van der Waals surface area contributed by atoms with E-state index in [4.69, 9.17) is 5.26 Å². The molecule has 2 aromatic heterocycles. The minimum Gasteiger partial charge on any atom is -0.506 e. The van der Waals surface area contributed by atoms with E-state index in [1.807, 2.05) is 0 Å². The van der Waals surface area contributed by atoms with Crippen LogP contribution in [0.15, 0.2) is 11.0 Å². The highest BCUT2D eigenvalue weighted by molar-refractivity contribution is 5.84. The summed E-state index contributed by atoms with van der Waals surface area (Å²) in [5.41, 5.74) is -0.408. The van der Waals surface area contributed by atoms with Crippen molar-refractivity contribution in [1.29, 1.82) is 5.26 Å². The van der Waals surface area contributed by atoms with E-state index in [0.717, 1.165) is 25.9 Å². The summed E-state index contributed by atoms with van der Waals surface area (Å²) in [5.74, 6) is 0.223. The number of rotatable bonds is 2. The molecule has 0 amide bonds. The number of aromatic hydroxyl groups is 1. The number of nitriles is 1. The van der Waals surface area contributed by atoms with Gasteiger partial charge in [-0.15, -0.1) is 0 Å². The minimum absolute atomic E-state index is 0.262. The van der Waals surface area contributed by atoms with Crippen LogP contribution in [0.3, 0.4) is 0 Å². The third kappa shape index (κ3) is 2.00. The molecule has 7 nitrogen and oxygen atoms in total. The van der Waals surface area contributed by atoms with E-state index in [1.54, 1.807) is 13.0 Å². The van der Waals surface area contributed by atoms with Gasteiger partial charge in [0.2, 0.25) is 5.95 Å². The number of hydrogen-bond acceptors (Lipinski definition) is 6. The Morgan fingerprint density at radius 2 is 2.14 bits per heavy atom. The van der Waals surface area contributed by atoms with Crippen LogP contribution in [-0.4, -0.2) is 32.7 Å². The molecule has 1 aliphatic rings. The lowest BCUT2D eigenvalue weighted by Gasteiger charge is -2.16. The zero-order chi connectivity index (χ0) is 15.0. The topological polar surface area (TPSA) is 95.0 Å². The van der Waals surface area contributed by atoms with Gasteiger partial charge in [-0.2, -0.15) is 10.2 Å². The van der Waals surface area contributed by atoms with Gasteiger partial charge in [-0.05, 0) is 19.8 Å². The largest absolute Gasteiger partial charge is 0.506 e. The van der Waals surface area contributed by atoms with Gasteiger partial charge in [0.25, 0.3) is 5.56 Å². The van der Waals surface area contributed by atoms with Crippen LogP contribution in [0.5, 0.6) is 5.75 Å². The molecular formula is C14H15N5O2. The van der Waals surface area contributed by atoms with E-state index in [2.05, 4.69) is 14.9 Å². The van der Waals surface area contributed by atoms with Gasteiger partial charge in [-0.25, -0.2) is 4.98 Å². The summed E-state index contributed by atoms with van der Waals surface area (Å²) in [5, 5.41) is 19.4. The summed E-state index contributed by atoms with van der Waals surface area (Å²) in [6, 6.07) is 1.75. The first-order valence-electron chi connectivity index (χ1n) is 6.95. The molecule has 0 bridgehead atoms. The number of aromatic nitrogens is 3. The van der Waals surface area contributed by atoms with E-state index in [1.165, 1.54) is 10.8 Å². The molecule has 1 aliphatic heterocycles. The molecule has 0 saturated carbocycles. The molecule has 1 saturated heterocycles. The van der Waals surface area contributed by atoms with Crippen LogP contribution >= 0.6 is 0 Å². The van der Waals surface area contributed by atoms with E-state index in [-0.39, 0.29) is 11.3 Å². The first-order chi connectivity index (χ1) is 10.2. The Morgan fingerprint density at radius 3 is 2.76 bits per heavy atom. The maximum Gasteiger partial charge on any atom is 0.273 e. The SMILES string of the molecule is CCn1c(=O)c(C#N)c(O)c2cnc(N3CCCC3)nc21. The molecule has 0 radical (unpaired) electrons. The number of aryl methyl sites for hydroxylation is 1. The van der Waals surface area contributed by atoms with E-state index in [0.29, 0.717) is 23.5 Å². The summed E-state index contributed by atoms with van der Waals surface area (Å²) in [4.78, 5) is 23.0. The molecule has 2 aromatic rings.